The van der Waals surface area contributed by atoms with Gasteiger partial charge in [0.2, 0.25) is 0 Å². The van der Waals surface area contributed by atoms with E-state index in [0.29, 0.717) is 36.5 Å². The number of carbonyl (C=O) groups is 1. The second-order valence-corrected chi connectivity index (χ2v) is 9.64. The lowest BCUT2D eigenvalue weighted by Gasteiger charge is -2.18. The van der Waals surface area contributed by atoms with Crippen LogP contribution in [0.1, 0.15) is 59.2 Å². The van der Waals surface area contributed by atoms with Crippen LogP contribution in [0.4, 0.5) is 14.5 Å². The molecule has 0 unspecified atom stereocenters. The fraction of sp³-hybridized carbons (Fsp3) is 0.345. The predicted molar refractivity (Wildman–Crippen MR) is 156 cm³/mol. The lowest BCUT2D eigenvalue weighted by molar-refractivity contribution is 0.0560. The number of nitrogens with zero attached hydrogens (tertiary/aromatic N) is 5. The molecule has 0 radical (unpaired) electrons. The molecule has 0 fully saturated rings. The second kappa shape index (κ2) is 14.1. The van der Waals surface area contributed by atoms with Gasteiger partial charge < -0.3 is 10.6 Å². The molecule has 0 atom stereocenters. The molecule has 0 aliphatic rings. The number of hydrogen-bond donors (Lipinski definition) is 3. The smallest absolute Gasteiger partial charge is 0.285 e. The van der Waals surface area contributed by atoms with E-state index in [2.05, 4.69) is 89.5 Å². The Bertz CT molecular complexity index is 1370. The van der Waals surface area contributed by atoms with Gasteiger partial charge in [-0.15, -0.1) is 0 Å². The second-order valence-electron chi connectivity index (χ2n) is 9.64. The number of benzene rings is 1. The minimum absolute atomic E-state index is 0.00921. The van der Waals surface area contributed by atoms with Gasteiger partial charge in [-0.05, 0) is 63.9 Å². The first-order valence-electron chi connectivity index (χ1n) is 12.7. The van der Waals surface area contributed by atoms with Gasteiger partial charge in [0, 0.05) is 43.2 Å². The number of nitrogens with one attached hydrogen (secondary N) is 3. The zero-order valence-corrected chi connectivity index (χ0v) is 24.1. The van der Waals surface area contributed by atoms with E-state index in [4.69, 9.17) is 0 Å². The quantitative estimate of drug-likeness (QED) is 0.146. The molecule has 2 aromatic heterocycles. The highest BCUT2D eigenvalue weighted by atomic mass is 19.3. The summed E-state index contributed by atoms with van der Waals surface area (Å²) in [6.45, 7) is 18.3. The maximum atomic E-state index is 12.9. The molecule has 3 N–H and O–H groups in total. The molecule has 9 nitrogen and oxygen atoms in total. The maximum absolute atomic E-state index is 12.9. The highest BCUT2D eigenvalue weighted by Crippen LogP contribution is 2.26. The predicted octanol–water partition coefficient (Wildman–Crippen LogP) is 6.33. The molecular weight excluding hydrogens is 514 g/mol. The molecule has 3 aromatic rings. The van der Waals surface area contributed by atoms with Gasteiger partial charge >= 0.3 is 0 Å². The van der Waals surface area contributed by atoms with E-state index >= 15 is 0 Å². The average Bonchev–Trinajstić information content (AvgIpc) is 3.28. The van der Waals surface area contributed by atoms with Gasteiger partial charge in [-0.1, -0.05) is 36.1 Å². The minimum Gasteiger partial charge on any atom is -0.387 e. The van der Waals surface area contributed by atoms with Crippen molar-refractivity contribution < 1.29 is 13.6 Å². The number of anilines is 1. The molecule has 0 amide bonds. The lowest BCUT2D eigenvalue weighted by atomic mass is 10.0. The van der Waals surface area contributed by atoms with E-state index < -0.39 is 11.6 Å². The summed E-state index contributed by atoms with van der Waals surface area (Å²) < 4.78 is 27.1. The van der Waals surface area contributed by atoms with Crippen LogP contribution in [-0.4, -0.2) is 40.1 Å². The Balaban J connectivity index is 0.000000305. The third-order valence-electron chi connectivity index (χ3n) is 5.63. The summed E-state index contributed by atoms with van der Waals surface area (Å²) in [5.74, 6) is -2.57. The fourth-order valence-corrected chi connectivity index (χ4v) is 3.74. The molecule has 0 bridgehead atoms. The molecule has 2 heterocycles. The summed E-state index contributed by atoms with van der Waals surface area (Å²) in [5.41, 5.74) is 8.92. The molecule has 0 aliphatic carbocycles. The summed E-state index contributed by atoms with van der Waals surface area (Å²) in [5, 5.41) is 18.0. The largest absolute Gasteiger partial charge is 0.387 e. The van der Waals surface area contributed by atoms with Crippen LogP contribution in [0.2, 0.25) is 0 Å². The van der Waals surface area contributed by atoms with Crippen LogP contribution in [0, 0.1) is 20.8 Å². The number of aryl methyl sites for hydroxylation is 3. The number of aldehydes is 1. The number of alkyl halides is 2. The van der Waals surface area contributed by atoms with Gasteiger partial charge in [-0.2, -0.15) is 19.0 Å². The Kier molecular flexibility index (Phi) is 11.2. The summed E-state index contributed by atoms with van der Waals surface area (Å²) in [4.78, 5) is 15.4. The van der Waals surface area contributed by atoms with Crippen molar-refractivity contribution in [3.63, 3.8) is 0 Å². The minimum atomic E-state index is -3.10. The van der Waals surface area contributed by atoms with Gasteiger partial charge in [-0.25, -0.2) is 9.67 Å². The van der Waals surface area contributed by atoms with E-state index in [1.807, 2.05) is 20.0 Å². The average molecular weight is 553 g/mol. The number of pyridine rings is 1. The van der Waals surface area contributed by atoms with Crippen LogP contribution in [-0.2, 0) is 6.54 Å². The number of aromatic nitrogens is 3. The Labute approximate surface area is 234 Å². The molecule has 0 saturated heterocycles. The molecule has 0 aliphatic heterocycles. The lowest BCUT2D eigenvalue weighted by Crippen LogP contribution is -2.22. The van der Waals surface area contributed by atoms with Gasteiger partial charge in [0.15, 0.2) is 12.1 Å². The third kappa shape index (κ3) is 8.82. The number of allylic oxidation sites excluding steroid dienone is 1. The summed E-state index contributed by atoms with van der Waals surface area (Å²) in [6, 6.07) is 9.90. The van der Waals surface area contributed by atoms with Gasteiger partial charge in [0.05, 0.1) is 11.4 Å². The summed E-state index contributed by atoms with van der Waals surface area (Å²) in [7, 11) is 1.95. The van der Waals surface area contributed by atoms with Crippen molar-refractivity contribution >= 4 is 17.7 Å². The molecule has 3 rings (SSSR count). The number of halogens is 2. The number of rotatable bonds is 11. The molecular formula is C29H38F2N8O. The molecule has 1 aromatic carbocycles. The van der Waals surface area contributed by atoms with Crippen LogP contribution in [0.15, 0.2) is 65.7 Å². The first-order chi connectivity index (χ1) is 18.8. The zero-order chi connectivity index (χ0) is 30.0. The molecule has 40 heavy (non-hydrogen) atoms. The van der Waals surface area contributed by atoms with Crippen molar-refractivity contribution in [3.8, 4) is 5.82 Å². The highest BCUT2D eigenvalue weighted by Gasteiger charge is 2.25. The molecule has 0 saturated carbocycles. The normalized spacial score (nSPS) is 11.2. The van der Waals surface area contributed by atoms with Crippen molar-refractivity contribution in [2.45, 2.75) is 60.1 Å². The Hall–Kier alpha value is -4.41. The van der Waals surface area contributed by atoms with Crippen molar-refractivity contribution in [2.24, 2.45) is 10.3 Å². The standard InChI is InChI=1S/C15H16F2N6O.C14H22N2/c1-10-5-4-6-18-14(10)23-13(9-24)7-12(21-23)8-19-22-20-11(2)15(3,16)17;1-9(2)16-12(5)13-8-10(3)7-11(4)14(13)15-6/h4-7,9H,2,8H2,1,3H3,(H,19,20);7-9,15-16H,5H2,1-4,6H3. The zero-order valence-electron chi connectivity index (χ0n) is 24.1. The molecule has 214 valence electrons. The summed E-state index contributed by atoms with van der Waals surface area (Å²) in [6.07, 6.45) is 2.25. The molecule has 0 spiro atoms. The highest BCUT2D eigenvalue weighted by molar-refractivity contribution is 5.77. The van der Waals surface area contributed by atoms with E-state index in [9.17, 15) is 13.6 Å². The fourth-order valence-electron chi connectivity index (χ4n) is 3.74. The monoisotopic (exact) mass is 552 g/mol. The SMILES string of the molecule is C=C(NC(C)C)c1cc(C)cc(C)c1NC.C=C(NN=NCc1cc(C=O)n(-c2ncccc2C)n1)C(C)(F)F. The van der Waals surface area contributed by atoms with E-state index in [0.717, 1.165) is 22.5 Å². The first kappa shape index (κ1) is 31.8. The van der Waals surface area contributed by atoms with E-state index in [1.165, 1.54) is 21.9 Å². The van der Waals surface area contributed by atoms with Gasteiger partial charge in [-0.3, -0.25) is 10.2 Å². The first-order valence-corrected chi connectivity index (χ1v) is 12.7. The number of hydrogen-bond acceptors (Lipinski definition) is 7. The van der Waals surface area contributed by atoms with Crippen molar-refractivity contribution in [1.82, 2.24) is 25.5 Å². The topological polar surface area (TPSA) is 109 Å². The Morgan fingerprint density at radius 2 is 1.88 bits per heavy atom. The van der Waals surface area contributed by atoms with Gasteiger partial charge in [0.25, 0.3) is 5.92 Å². The number of carbonyl (C=O) groups excluding carboxylic acids is 1. The van der Waals surface area contributed by atoms with E-state index in [-0.39, 0.29) is 6.54 Å². The van der Waals surface area contributed by atoms with Gasteiger partial charge in [0.1, 0.15) is 12.2 Å². The van der Waals surface area contributed by atoms with Crippen molar-refractivity contribution in [3.05, 3.63) is 89.0 Å². The van der Waals surface area contributed by atoms with Crippen LogP contribution < -0.4 is 16.1 Å². The van der Waals surface area contributed by atoms with Crippen LogP contribution in [0.25, 0.3) is 11.5 Å². The molecule has 11 heteroatoms. The maximum Gasteiger partial charge on any atom is 0.285 e. The Morgan fingerprint density at radius 3 is 2.45 bits per heavy atom. The third-order valence-corrected chi connectivity index (χ3v) is 5.63. The summed E-state index contributed by atoms with van der Waals surface area (Å²) >= 11 is 0. The van der Waals surface area contributed by atoms with Crippen molar-refractivity contribution in [2.75, 3.05) is 12.4 Å². The Morgan fingerprint density at radius 1 is 1.18 bits per heavy atom. The van der Waals surface area contributed by atoms with Crippen molar-refractivity contribution in [1.29, 1.82) is 0 Å². The van der Waals surface area contributed by atoms with Crippen LogP contribution in [0.5, 0.6) is 0 Å². The van der Waals surface area contributed by atoms with Crippen LogP contribution in [0.3, 0.4) is 0 Å². The van der Waals surface area contributed by atoms with E-state index in [1.54, 1.807) is 12.3 Å². The van der Waals surface area contributed by atoms with Crippen LogP contribution >= 0.6 is 0 Å².